The van der Waals surface area contributed by atoms with Crippen molar-refractivity contribution in [2.45, 2.75) is 6.18 Å². The van der Waals surface area contributed by atoms with Crippen LogP contribution in [0.3, 0.4) is 0 Å². The van der Waals surface area contributed by atoms with Gasteiger partial charge >= 0.3 is 6.18 Å². The van der Waals surface area contributed by atoms with Gasteiger partial charge in [-0.15, -0.1) is 12.4 Å². The minimum Gasteiger partial charge on any atom is -0.399 e. The van der Waals surface area contributed by atoms with Gasteiger partial charge < -0.3 is 10.3 Å². The van der Waals surface area contributed by atoms with Crippen molar-refractivity contribution in [3.63, 3.8) is 0 Å². The Labute approximate surface area is 101 Å². The predicted octanol–water partition coefficient (Wildman–Crippen LogP) is 2.90. The highest BCUT2D eigenvalue weighted by atomic mass is 35.5. The van der Waals surface area contributed by atoms with Crippen LogP contribution >= 0.6 is 12.4 Å². The summed E-state index contributed by atoms with van der Waals surface area (Å²) in [5.41, 5.74) is 4.67. The molecule has 2 N–H and O–H groups in total. The number of hydrogen-bond donors (Lipinski definition) is 1. The van der Waals surface area contributed by atoms with Crippen molar-refractivity contribution >= 4 is 18.1 Å². The van der Waals surface area contributed by atoms with Gasteiger partial charge in [0.05, 0.1) is 17.6 Å². The van der Waals surface area contributed by atoms with Gasteiger partial charge in [0, 0.05) is 18.1 Å². The zero-order valence-electron chi connectivity index (χ0n) is 8.48. The average Bonchev–Trinajstić information content (AvgIpc) is 2.69. The van der Waals surface area contributed by atoms with Crippen LogP contribution < -0.4 is 5.73 Å². The first-order valence-corrected chi connectivity index (χ1v) is 4.43. The van der Waals surface area contributed by atoms with E-state index in [1.807, 2.05) is 0 Å². The Bertz CT molecular complexity index is 494. The lowest BCUT2D eigenvalue weighted by molar-refractivity contribution is -0.137. The maximum Gasteiger partial charge on any atom is 0.418 e. The number of alkyl halides is 3. The maximum absolute atomic E-state index is 12.7. The Kier molecular flexibility index (Phi) is 3.67. The molecule has 0 fully saturated rings. The molecule has 0 unspecified atom stereocenters. The van der Waals surface area contributed by atoms with Crippen molar-refractivity contribution in [2.24, 2.45) is 0 Å². The summed E-state index contributed by atoms with van der Waals surface area (Å²) in [7, 11) is 0. The van der Waals surface area contributed by atoms with Gasteiger partial charge in [0.15, 0.2) is 0 Å². The summed E-state index contributed by atoms with van der Waals surface area (Å²) in [6.45, 7) is 0. The first-order chi connectivity index (χ1) is 7.48. The molecule has 1 aromatic carbocycles. The summed E-state index contributed by atoms with van der Waals surface area (Å²) >= 11 is 0. The molecule has 2 rings (SSSR count). The van der Waals surface area contributed by atoms with E-state index in [1.165, 1.54) is 35.4 Å². The minimum absolute atomic E-state index is 0. The summed E-state index contributed by atoms with van der Waals surface area (Å²) in [6, 6.07) is 3.65. The number of nitrogens with zero attached hydrogens (tertiary/aromatic N) is 2. The number of nitrogen functional groups attached to an aromatic ring is 1. The number of anilines is 1. The molecule has 17 heavy (non-hydrogen) atoms. The number of benzene rings is 1. The normalized spacial score (nSPS) is 11.0. The molecule has 0 aliphatic heterocycles. The average molecular weight is 264 g/mol. The quantitative estimate of drug-likeness (QED) is 0.804. The predicted molar refractivity (Wildman–Crippen MR) is 60.2 cm³/mol. The van der Waals surface area contributed by atoms with Crippen molar-refractivity contribution in [3.05, 3.63) is 42.5 Å². The number of halogens is 4. The van der Waals surface area contributed by atoms with Crippen LogP contribution in [-0.2, 0) is 6.18 Å². The van der Waals surface area contributed by atoms with E-state index in [9.17, 15) is 13.2 Å². The molecular formula is C10H9ClF3N3. The highest BCUT2D eigenvalue weighted by Gasteiger charge is 2.34. The van der Waals surface area contributed by atoms with E-state index >= 15 is 0 Å². The molecule has 0 saturated carbocycles. The van der Waals surface area contributed by atoms with E-state index in [0.29, 0.717) is 0 Å². The fraction of sp³-hybridized carbons (Fsp3) is 0.100. The van der Waals surface area contributed by atoms with E-state index in [4.69, 9.17) is 5.73 Å². The summed E-state index contributed by atoms with van der Waals surface area (Å²) < 4.78 is 39.5. The van der Waals surface area contributed by atoms with E-state index in [0.717, 1.165) is 6.07 Å². The van der Waals surface area contributed by atoms with Crippen LogP contribution in [0.5, 0.6) is 0 Å². The monoisotopic (exact) mass is 263 g/mol. The van der Waals surface area contributed by atoms with E-state index in [1.54, 1.807) is 0 Å². The fourth-order valence-corrected chi connectivity index (χ4v) is 1.41. The first-order valence-electron chi connectivity index (χ1n) is 4.43. The number of hydrogen-bond acceptors (Lipinski definition) is 2. The van der Waals surface area contributed by atoms with Crippen molar-refractivity contribution < 1.29 is 13.2 Å². The highest BCUT2D eigenvalue weighted by molar-refractivity contribution is 5.85. The topological polar surface area (TPSA) is 43.8 Å². The van der Waals surface area contributed by atoms with Crippen LogP contribution in [0.4, 0.5) is 18.9 Å². The molecular weight excluding hydrogens is 255 g/mol. The Morgan fingerprint density at radius 3 is 2.47 bits per heavy atom. The molecule has 0 amide bonds. The Hall–Kier alpha value is -1.69. The third-order valence-electron chi connectivity index (χ3n) is 2.11. The van der Waals surface area contributed by atoms with Crippen LogP contribution in [0.1, 0.15) is 5.56 Å². The van der Waals surface area contributed by atoms with Gasteiger partial charge in [-0.3, -0.25) is 0 Å². The number of rotatable bonds is 1. The van der Waals surface area contributed by atoms with E-state index < -0.39 is 11.7 Å². The molecule has 0 aliphatic carbocycles. The number of aromatic nitrogens is 2. The first kappa shape index (κ1) is 13.4. The van der Waals surface area contributed by atoms with E-state index in [-0.39, 0.29) is 23.8 Å². The van der Waals surface area contributed by atoms with Crippen LogP contribution in [0, 0.1) is 0 Å². The number of imidazole rings is 1. The van der Waals surface area contributed by atoms with Gasteiger partial charge in [0.1, 0.15) is 0 Å². The van der Waals surface area contributed by atoms with Crippen molar-refractivity contribution in [2.75, 3.05) is 5.73 Å². The molecule has 7 heteroatoms. The van der Waals surface area contributed by atoms with Crippen LogP contribution in [0.25, 0.3) is 5.69 Å². The lowest BCUT2D eigenvalue weighted by atomic mass is 10.1. The van der Waals surface area contributed by atoms with Crippen LogP contribution in [0.2, 0.25) is 0 Å². The molecule has 3 nitrogen and oxygen atoms in total. The third-order valence-corrected chi connectivity index (χ3v) is 2.11. The molecule has 0 radical (unpaired) electrons. The third kappa shape index (κ3) is 2.71. The second kappa shape index (κ2) is 4.67. The molecule has 0 saturated heterocycles. The van der Waals surface area contributed by atoms with Gasteiger partial charge in [-0.05, 0) is 18.2 Å². The zero-order valence-corrected chi connectivity index (χ0v) is 9.29. The smallest absolute Gasteiger partial charge is 0.399 e. The largest absolute Gasteiger partial charge is 0.418 e. The molecule has 0 atom stereocenters. The Balaban J connectivity index is 0.00000144. The Morgan fingerprint density at radius 1 is 1.24 bits per heavy atom. The number of nitrogens with two attached hydrogens (primary N) is 1. The lowest BCUT2D eigenvalue weighted by Gasteiger charge is -2.13. The van der Waals surface area contributed by atoms with Crippen LogP contribution in [-0.4, -0.2) is 9.55 Å². The molecule has 0 bridgehead atoms. The zero-order chi connectivity index (χ0) is 11.8. The molecule has 92 valence electrons. The van der Waals surface area contributed by atoms with Crippen molar-refractivity contribution in [1.82, 2.24) is 9.55 Å². The SMILES string of the molecule is Cl.Nc1ccc(-n2ccnc2)c(C(F)(F)F)c1. The van der Waals surface area contributed by atoms with Gasteiger partial charge in [0.25, 0.3) is 0 Å². The summed E-state index contributed by atoms with van der Waals surface area (Å²) in [6.07, 6.45) is -0.271. The fourth-order valence-electron chi connectivity index (χ4n) is 1.41. The molecule has 1 aromatic heterocycles. The van der Waals surface area contributed by atoms with Gasteiger partial charge in [-0.2, -0.15) is 13.2 Å². The molecule has 2 aromatic rings. The van der Waals surface area contributed by atoms with Gasteiger partial charge in [-0.1, -0.05) is 0 Å². The highest BCUT2D eigenvalue weighted by Crippen LogP contribution is 2.34. The molecule has 0 aliphatic rings. The minimum atomic E-state index is -4.44. The van der Waals surface area contributed by atoms with E-state index in [2.05, 4.69) is 4.98 Å². The summed E-state index contributed by atoms with van der Waals surface area (Å²) in [4.78, 5) is 3.71. The van der Waals surface area contributed by atoms with Crippen LogP contribution in [0.15, 0.2) is 36.9 Å². The van der Waals surface area contributed by atoms with Gasteiger partial charge in [0.2, 0.25) is 0 Å². The summed E-state index contributed by atoms with van der Waals surface area (Å²) in [5.74, 6) is 0. The van der Waals surface area contributed by atoms with Crippen molar-refractivity contribution in [3.8, 4) is 5.69 Å². The van der Waals surface area contributed by atoms with Crippen molar-refractivity contribution in [1.29, 1.82) is 0 Å². The summed E-state index contributed by atoms with van der Waals surface area (Å²) in [5, 5.41) is 0. The standard InChI is InChI=1S/C10H8F3N3.ClH/c11-10(12,13)8-5-7(14)1-2-9(8)16-4-3-15-6-16;/h1-6H,14H2;1H. The lowest BCUT2D eigenvalue weighted by Crippen LogP contribution is -2.10. The Morgan fingerprint density at radius 2 is 1.94 bits per heavy atom. The maximum atomic E-state index is 12.7. The molecule has 1 heterocycles. The second-order valence-corrected chi connectivity index (χ2v) is 3.24. The second-order valence-electron chi connectivity index (χ2n) is 3.24. The van der Waals surface area contributed by atoms with Gasteiger partial charge in [-0.25, -0.2) is 4.98 Å². The molecule has 0 spiro atoms.